The van der Waals surface area contributed by atoms with E-state index in [0.29, 0.717) is 13.2 Å². The summed E-state index contributed by atoms with van der Waals surface area (Å²) in [5, 5.41) is 0. The van der Waals surface area contributed by atoms with E-state index in [-0.39, 0.29) is 12.1 Å². The maximum absolute atomic E-state index is 13.3. The number of carbonyl (C=O) groups excluding carboxylic acids is 1. The van der Waals surface area contributed by atoms with Gasteiger partial charge in [-0.15, -0.1) is 0 Å². The number of benzene rings is 2. The average molecular weight is 350 g/mol. The van der Waals surface area contributed by atoms with Crippen LogP contribution in [0.2, 0.25) is 0 Å². The molecule has 0 aromatic heterocycles. The molecular formula is C21H22N2O3. The zero-order chi connectivity index (χ0) is 17.5. The van der Waals surface area contributed by atoms with Crippen LogP contribution in [0, 0.1) is 0 Å². The van der Waals surface area contributed by atoms with Gasteiger partial charge in [0.2, 0.25) is 0 Å². The highest BCUT2D eigenvalue weighted by atomic mass is 16.6. The van der Waals surface area contributed by atoms with Crippen molar-refractivity contribution in [2.45, 2.75) is 25.3 Å². The predicted molar refractivity (Wildman–Crippen MR) is 99.0 cm³/mol. The van der Waals surface area contributed by atoms with Gasteiger partial charge in [-0.1, -0.05) is 24.3 Å². The third-order valence-corrected chi connectivity index (χ3v) is 5.57. The molecule has 1 fully saturated rings. The molecule has 2 amide bonds. The first-order valence-corrected chi connectivity index (χ1v) is 9.37. The maximum atomic E-state index is 13.3. The summed E-state index contributed by atoms with van der Waals surface area (Å²) in [7, 11) is 0. The molecular weight excluding hydrogens is 328 g/mol. The smallest absolute Gasteiger partial charge is 0.325 e. The second-order valence-corrected chi connectivity index (χ2v) is 7.07. The fraction of sp³-hybridized carbons (Fsp3) is 0.381. The van der Waals surface area contributed by atoms with E-state index in [1.54, 1.807) is 0 Å². The molecule has 2 aromatic rings. The van der Waals surface area contributed by atoms with Gasteiger partial charge in [0.05, 0.1) is 6.04 Å². The Morgan fingerprint density at radius 2 is 1.85 bits per heavy atom. The minimum atomic E-state index is 0.103. The second kappa shape index (κ2) is 6.24. The number of hydrogen-bond donors (Lipinski definition) is 0. The van der Waals surface area contributed by atoms with Gasteiger partial charge < -0.3 is 14.4 Å². The summed E-state index contributed by atoms with van der Waals surface area (Å²) < 4.78 is 11.3. The molecule has 0 aliphatic carbocycles. The number of urea groups is 1. The molecule has 5 nitrogen and oxygen atoms in total. The summed E-state index contributed by atoms with van der Waals surface area (Å²) in [5.41, 5.74) is 3.45. The van der Waals surface area contributed by atoms with E-state index in [1.165, 1.54) is 5.56 Å². The van der Waals surface area contributed by atoms with Crippen molar-refractivity contribution >= 4 is 11.7 Å². The van der Waals surface area contributed by atoms with Gasteiger partial charge in [-0.3, -0.25) is 4.90 Å². The predicted octanol–water partition coefficient (Wildman–Crippen LogP) is 3.78. The normalized spacial score (nSPS) is 21.0. The molecule has 1 unspecified atom stereocenters. The lowest BCUT2D eigenvalue weighted by molar-refractivity contribution is 0.170. The molecule has 1 saturated heterocycles. The number of nitrogens with zero attached hydrogens (tertiary/aromatic N) is 2. The second-order valence-electron chi connectivity index (χ2n) is 7.07. The van der Waals surface area contributed by atoms with Crippen LogP contribution in [-0.4, -0.2) is 37.2 Å². The number of carbonyl (C=O) groups is 1. The molecule has 26 heavy (non-hydrogen) atoms. The van der Waals surface area contributed by atoms with Gasteiger partial charge in [0.1, 0.15) is 13.2 Å². The Bertz CT molecular complexity index is 851. The van der Waals surface area contributed by atoms with Crippen molar-refractivity contribution in [3.63, 3.8) is 0 Å². The van der Waals surface area contributed by atoms with Crippen LogP contribution >= 0.6 is 0 Å². The van der Waals surface area contributed by atoms with Crippen molar-refractivity contribution < 1.29 is 14.3 Å². The van der Waals surface area contributed by atoms with Crippen molar-refractivity contribution in [3.8, 4) is 11.5 Å². The Labute approximate surface area is 153 Å². The van der Waals surface area contributed by atoms with Gasteiger partial charge in [0.25, 0.3) is 0 Å². The lowest BCUT2D eigenvalue weighted by atomic mass is 10.0. The monoisotopic (exact) mass is 350 g/mol. The van der Waals surface area contributed by atoms with E-state index in [1.807, 2.05) is 34.1 Å². The number of likely N-dealkylation sites (tertiary alicyclic amines) is 1. The van der Waals surface area contributed by atoms with Crippen LogP contribution < -0.4 is 14.4 Å². The van der Waals surface area contributed by atoms with Crippen LogP contribution in [0.15, 0.2) is 42.5 Å². The Hall–Kier alpha value is -2.69. The molecule has 3 aliphatic heterocycles. The summed E-state index contributed by atoms with van der Waals surface area (Å²) in [6.45, 7) is 2.74. The maximum Gasteiger partial charge on any atom is 0.325 e. The molecule has 3 heterocycles. The van der Waals surface area contributed by atoms with Crippen LogP contribution in [0.5, 0.6) is 11.5 Å². The molecule has 0 bridgehead atoms. The van der Waals surface area contributed by atoms with Crippen molar-refractivity contribution in [3.05, 3.63) is 53.6 Å². The summed E-state index contributed by atoms with van der Waals surface area (Å²) in [6, 6.07) is 14.5. The number of amides is 2. The first-order valence-electron chi connectivity index (χ1n) is 9.37. The number of rotatable bonds is 1. The number of anilines is 1. The van der Waals surface area contributed by atoms with Gasteiger partial charge in [-0.05, 0) is 48.6 Å². The van der Waals surface area contributed by atoms with Gasteiger partial charge in [-0.25, -0.2) is 4.79 Å². The summed E-state index contributed by atoms with van der Waals surface area (Å²) in [5.74, 6) is 1.59. The lowest BCUT2D eigenvalue weighted by Crippen LogP contribution is -2.42. The zero-order valence-corrected chi connectivity index (χ0v) is 14.7. The van der Waals surface area contributed by atoms with Crippen LogP contribution in [0.3, 0.4) is 0 Å². The third-order valence-electron chi connectivity index (χ3n) is 5.57. The molecule has 0 radical (unpaired) electrons. The van der Waals surface area contributed by atoms with Crippen molar-refractivity contribution in [2.24, 2.45) is 0 Å². The van der Waals surface area contributed by atoms with E-state index in [9.17, 15) is 4.79 Å². The van der Waals surface area contributed by atoms with E-state index in [0.717, 1.165) is 55.1 Å². The van der Waals surface area contributed by atoms with E-state index < -0.39 is 0 Å². The van der Waals surface area contributed by atoms with Crippen LogP contribution in [0.25, 0.3) is 0 Å². The van der Waals surface area contributed by atoms with Crippen molar-refractivity contribution in [1.82, 2.24) is 4.90 Å². The zero-order valence-electron chi connectivity index (χ0n) is 14.7. The van der Waals surface area contributed by atoms with E-state index in [2.05, 4.69) is 18.2 Å². The highest BCUT2D eigenvalue weighted by Crippen LogP contribution is 2.39. The fourth-order valence-electron chi connectivity index (χ4n) is 4.30. The molecule has 3 aliphatic rings. The highest BCUT2D eigenvalue weighted by Gasteiger charge is 2.35. The molecule has 5 rings (SSSR count). The van der Waals surface area contributed by atoms with Crippen LogP contribution in [0.1, 0.15) is 30.0 Å². The van der Waals surface area contributed by atoms with Crippen LogP contribution in [0.4, 0.5) is 10.5 Å². The van der Waals surface area contributed by atoms with Crippen molar-refractivity contribution in [2.75, 3.05) is 31.2 Å². The molecule has 0 saturated carbocycles. The fourth-order valence-corrected chi connectivity index (χ4v) is 4.30. The molecule has 1 atom stereocenters. The molecule has 0 N–H and O–H groups in total. The van der Waals surface area contributed by atoms with Gasteiger partial charge in [0.15, 0.2) is 11.5 Å². The van der Waals surface area contributed by atoms with Gasteiger partial charge in [0, 0.05) is 18.8 Å². The quantitative estimate of drug-likeness (QED) is 0.786. The third kappa shape index (κ3) is 2.50. The SMILES string of the molecule is O=C(N1CCc2ccccc21)N1CCCC1c1ccc2c(c1)OCCO2. The van der Waals surface area contributed by atoms with E-state index >= 15 is 0 Å². The van der Waals surface area contributed by atoms with Crippen molar-refractivity contribution in [1.29, 1.82) is 0 Å². The minimum absolute atomic E-state index is 0.103. The first kappa shape index (κ1) is 15.6. The summed E-state index contributed by atoms with van der Waals surface area (Å²) in [6.07, 6.45) is 2.95. The highest BCUT2D eigenvalue weighted by molar-refractivity contribution is 5.94. The number of hydrogen-bond acceptors (Lipinski definition) is 3. The topological polar surface area (TPSA) is 42.0 Å². The first-order chi connectivity index (χ1) is 12.8. The Kier molecular flexibility index (Phi) is 3.73. The van der Waals surface area contributed by atoms with E-state index in [4.69, 9.17) is 9.47 Å². The van der Waals surface area contributed by atoms with Gasteiger partial charge in [-0.2, -0.15) is 0 Å². The summed E-state index contributed by atoms with van der Waals surface area (Å²) >= 11 is 0. The molecule has 5 heteroatoms. The minimum Gasteiger partial charge on any atom is -0.486 e. The lowest BCUT2D eigenvalue weighted by Gasteiger charge is -2.30. The van der Waals surface area contributed by atoms with Gasteiger partial charge >= 0.3 is 6.03 Å². The number of fused-ring (bicyclic) bond motifs is 2. The Morgan fingerprint density at radius 1 is 1.00 bits per heavy atom. The number of para-hydroxylation sites is 1. The number of ether oxygens (including phenoxy) is 2. The Balaban J connectivity index is 1.42. The Morgan fingerprint density at radius 3 is 2.77 bits per heavy atom. The average Bonchev–Trinajstić information content (AvgIpc) is 3.34. The largest absolute Gasteiger partial charge is 0.486 e. The standard InChI is InChI=1S/C21H22N2O3/c24-21(23-11-9-15-4-1-2-5-17(15)23)22-10-3-6-18(22)16-7-8-19-20(14-16)26-13-12-25-19/h1-2,4-5,7-8,14,18H,3,6,9-13H2. The molecule has 134 valence electrons. The molecule has 2 aromatic carbocycles. The van der Waals surface area contributed by atoms with Crippen LogP contribution in [-0.2, 0) is 6.42 Å². The summed E-state index contributed by atoms with van der Waals surface area (Å²) in [4.78, 5) is 17.2. The molecule has 0 spiro atoms.